The van der Waals surface area contributed by atoms with Crippen molar-refractivity contribution >= 4 is 5.69 Å². The Kier molecular flexibility index (Phi) is 3.83. The molecule has 0 radical (unpaired) electrons. The minimum Gasteiger partial charge on any atom is -0.383 e. The molecule has 0 fully saturated rings. The highest BCUT2D eigenvalue weighted by Crippen LogP contribution is 2.08. The van der Waals surface area contributed by atoms with Crippen molar-refractivity contribution in [2.45, 2.75) is 6.54 Å². The van der Waals surface area contributed by atoms with Crippen LogP contribution in [0.5, 0.6) is 0 Å². The number of benzene rings is 1. The molecule has 0 bridgehead atoms. The van der Waals surface area contributed by atoms with Crippen molar-refractivity contribution < 1.29 is 0 Å². The van der Waals surface area contributed by atoms with Gasteiger partial charge in [0, 0.05) is 36.6 Å². The van der Waals surface area contributed by atoms with Crippen LogP contribution in [0.15, 0.2) is 53.5 Å². The van der Waals surface area contributed by atoms with Crippen LogP contribution < -0.4 is 10.9 Å². The van der Waals surface area contributed by atoms with E-state index in [1.807, 2.05) is 30.3 Å². The van der Waals surface area contributed by atoms with E-state index < -0.39 is 0 Å². The molecule has 90 valence electrons. The minimum absolute atomic E-state index is 0.0108. The Labute approximate surface area is 106 Å². The standard InChI is InChI=1S/C15H14N2O/c1-2-13-6-5-7-14(12-13)16-9-11-17-10-4-3-8-15(17)18/h1,3-8,10,12,16H,9,11H2. The average molecular weight is 238 g/mol. The second kappa shape index (κ2) is 5.74. The number of aromatic nitrogens is 1. The van der Waals surface area contributed by atoms with Gasteiger partial charge in [-0.3, -0.25) is 4.79 Å². The number of nitrogens with one attached hydrogen (secondary N) is 1. The fraction of sp³-hybridized carbons (Fsp3) is 0.133. The number of terminal acetylenes is 1. The summed E-state index contributed by atoms with van der Waals surface area (Å²) in [5.74, 6) is 2.59. The van der Waals surface area contributed by atoms with Crippen molar-refractivity contribution in [2.24, 2.45) is 0 Å². The molecule has 0 aliphatic carbocycles. The molecule has 0 spiro atoms. The van der Waals surface area contributed by atoms with Gasteiger partial charge in [0.15, 0.2) is 0 Å². The molecule has 0 atom stereocenters. The number of rotatable bonds is 4. The second-order valence-corrected chi connectivity index (χ2v) is 3.88. The second-order valence-electron chi connectivity index (χ2n) is 3.88. The summed E-state index contributed by atoms with van der Waals surface area (Å²) in [6.07, 6.45) is 7.11. The van der Waals surface area contributed by atoms with Crippen molar-refractivity contribution in [2.75, 3.05) is 11.9 Å². The molecular formula is C15H14N2O. The van der Waals surface area contributed by atoms with Crippen molar-refractivity contribution in [3.8, 4) is 12.3 Å². The molecule has 0 aliphatic rings. The van der Waals surface area contributed by atoms with Gasteiger partial charge in [-0.05, 0) is 24.3 Å². The van der Waals surface area contributed by atoms with Gasteiger partial charge in [0.25, 0.3) is 5.56 Å². The predicted octanol–water partition coefficient (Wildman–Crippen LogP) is 1.94. The summed E-state index contributed by atoms with van der Waals surface area (Å²) in [5.41, 5.74) is 1.82. The van der Waals surface area contributed by atoms with E-state index in [-0.39, 0.29) is 5.56 Å². The van der Waals surface area contributed by atoms with E-state index in [0.717, 1.165) is 11.3 Å². The summed E-state index contributed by atoms with van der Waals surface area (Å²) < 4.78 is 1.66. The largest absolute Gasteiger partial charge is 0.383 e. The van der Waals surface area contributed by atoms with Crippen LogP contribution in [0.3, 0.4) is 0 Å². The molecule has 2 aromatic rings. The Bertz CT molecular complexity index is 623. The molecular weight excluding hydrogens is 224 g/mol. The van der Waals surface area contributed by atoms with Crippen molar-refractivity contribution in [1.29, 1.82) is 0 Å². The number of nitrogens with zero attached hydrogens (tertiary/aromatic N) is 1. The molecule has 3 nitrogen and oxygen atoms in total. The molecule has 1 aromatic heterocycles. The highest BCUT2D eigenvalue weighted by atomic mass is 16.1. The number of hydrogen-bond acceptors (Lipinski definition) is 2. The van der Waals surface area contributed by atoms with E-state index in [0.29, 0.717) is 13.1 Å². The van der Waals surface area contributed by atoms with Crippen LogP contribution in [-0.2, 0) is 6.54 Å². The number of hydrogen-bond donors (Lipinski definition) is 1. The smallest absolute Gasteiger partial charge is 0.250 e. The van der Waals surface area contributed by atoms with Gasteiger partial charge in [-0.2, -0.15) is 0 Å². The van der Waals surface area contributed by atoms with Crippen LogP contribution in [0, 0.1) is 12.3 Å². The van der Waals surface area contributed by atoms with Crippen LogP contribution in [0.25, 0.3) is 0 Å². The summed E-state index contributed by atoms with van der Waals surface area (Å²) in [6, 6.07) is 12.8. The Morgan fingerprint density at radius 2 is 2.11 bits per heavy atom. The quantitative estimate of drug-likeness (QED) is 0.826. The highest BCUT2D eigenvalue weighted by Gasteiger charge is 1.95. The Balaban J connectivity index is 1.95. The SMILES string of the molecule is C#Cc1cccc(NCCn2ccccc2=O)c1. The molecule has 1 heterocycles. The lowest BCUT2D eigenvalue weighted by atomic mass is 10.2. The predicted molar refractivity (Wildman–Crippen MR) is 73.6 cm³/mol. The Morgan fingerprint density at radius 3 is 2.89 bits per heavy atom. The van der Waals surface area contributed by atoms with E-state index in [1.54, 1.807) is 22.9 Å². The van der Waals surface area contributed by atoms with Gasteiger partial charge in [-0.25, -0.2) is 0 Å². The van der Waals surface area contributed by atoms with E-state index in [9.17, 15) is 4.79 Å². The van der Waals surface area contributed by atoms with Crippen LogP contribution in [-0.4, -0.2) is 11.1 Å². The molecule has 3 heteroatoms. The first-order valence-corrected chi connectivity index (χ1v) is 5.75. The summed E-state index contributed by atoms with van der Waals surface area (Å²) in [7, 11) is 0. The zero-order valence-electron chi connectivity index (χ0n) is 9.97. The molecule has 0 aliphatic heterocycles. The van der Waals surface area contributed by atoms with Crippen LogP contribution in [0.4, 0.5) is 5.69 Å². The van der Waals surface area contributed by atoms with Crippen LogP contribution in [0.1, 0.15) is 5.56 Å². The van der Waals surface area contributed by atoms with Gasteiger partial charge in [0.1, 0.15) is 0 Å². The fourth-order valence-electron chi connectivity index (χ4n) is 1.69. The van der Waals surface area contributed by atoms with Gasteiger partial charge in [-0.1, -0.05) is 18.1 Å². The molecule has 18 heavy (non-hydrogen) atoms. The molecule has 0 saturated carbocycles. The number of anilines is 1. The normalized spacial score (nSPS) is 9.72. The maximum absolute atomic E-state index is 11.5. The van der Waals surface area contributed by atoms with Crippen LogP contribution in [0.2, 0.25) is 0 Å². The van der Waals surface area contributed by atoms with Crippen LogP contribution >= 0.6 is 0 Å². The van der Waals surface area contributed by atoms with Gasteiger partial charge in [0.05, 0.1) is 0 Å². The summed E-state index contributed by atoms with van der Waals surface area (Å²) >= 11 is 0. The number of pyridine rings is 1. The third kappa shape index (κ3) is 3.02. The van der Waals surface area contributed by atoms with Gasteiger partial charge in [-0.15, -0.1) is 6.42 Å². The molecule has 2 rings (SSSR count). The van der Waals surface area contributed by atoms with E-state index in [2.05, 4.69) is 11.2 Å². The maximum atomic E-state index is 11.5. The maximum Gasteiger partial charge on any atom is 0.250 e. The summed E-state index contributed by atoms with van der Waals surface area (Å²) in [4.78, 5) is 11.5. The van der Waals surface area contributed by atoms with E-state index in [1.165, 1.54) is 0 Å². The van der Waals surface area contributed by atoms with Gasteiger partial charge >= 0.3 is 0 Å². The van der Waals surface area contributed by atoms with Gasteiger partial charge in [0.2, 0.25) is 0 Å². The third-order valence-electron chi connectivity index (χ3n) is 2.61. The van der Waals surface area contributed by atoms with Crippen molar-refractivity contribution in [3.05, 3.63) is 64.6 Å². The molecule has 1 aromatic carbocycles. The Morgan fingerprint density at radius 1 is 1.22 bits per heavy atom. The molecule has 0 saturated heterocycles. The Hall–Kier alpha value is -2.47. The first-order valence-electron chi connectivity index (χ1n) is 5.75. The lowest BCUT2D eigenvalue weighted by molar-refractivity contribution is 0.697. The minimum atomic E-state index is 0.0108. The third-order valence-corrected chi connectivity index (χ3v) is 2.61. The van der Waals surface area contributed by atoms with E-state index >= 15 is 0 Å². The van der Waals surface area contributed by atoms with E-state index in [4.69, 9.17) is 6.42 Å². The molecule has 0 unspecified atom stereocenters. The summed E-state index contributed by atoms with van der Waals surface area (Å²) in [5, 5.41) is 3.24. The monoisotopic (exact) mass is 238 g/mol. The zero-order valence-corrected chi connectivity index (χ0v) is 9.97. The average Bonchev–Trinajstić information content (AvgIpc) is 2.41. The van der Waals surface area contributed by atoms with Gasteiger partial charge < -0.3 is 9.88 Å². The molecule has 0 amide bonds. The van der Waals surface area contributed by atoms with Crippen molar-refractivity contribution in [3.63, 3.8) is 0 Å². The summed E-state index contributed by atoms with van der Waals surface area (Å²) in [6.45, 7) is 1.30. The zero-order chi connectivity index (χ0) is 12.8. The highest BCUT2D eigenvalue weighted by molar-refractivity contribution is 5.49. The lowest BCUT2D eigenvalue weighted by Crippen LogP contribution is -2.21. The first kappa shape index (κ1) is 12.0. The topological polar surface area (TPSA) is 34.0 Å². The molecule has 1 N–H and O–H groups in total. The first-order chi connectivity index (χ1) is 8.79. The van der Waals surface area contributed by atoms with Crippen molar-refractivity contribution in [1.82, 2.24) is 4.57 Å². The lowest BCUT2D eigenvalue weighted by Gasteiger charge is -2.08. The fourth-order valence-corrected chi connectivity index (χ4v) is 1.69.